The van der Waals surface area contributed by atoms with E-state index in [-0.39, 0.29) is 23.7 Å². The van der Waals surface area contributed by atoms with Gasteiger partial charge in [0.25, 0.3) is 5.56 Å². The van der Waals surface area contributed by atoms with Crippen molar-refractivity contribution < 1.29 is 9.18 Å². The number of anilines is 1. The van der Waals surface area contributed by atoms with Crippen LogP contribution in [0.25, 0.3) is 5.69 Å². The van der Waals surface area contributed by atoms with Crippen LogP contribution in [0.15, 0.2) is 47.4 Å². The van der Waals surface area contributed by atoms with E-state index in [1.807, 2.05) is 0 Å². The first kappa shape index (κ1) is 18.8. The molecule has 1 aliphatic heterocycles. The van der Waals surface area contributed by atoms with Gasteiger partial charge >= 0.3 is 0 Å². The molecule has 0 bridgehead atoms. The average Bonchev–Trinajstić information content (AvgIpc) is 3.41. The number of hydrogen-bond donors (Lipinski definition) is 2. The average molecular weight is 384 g/mol. The van der Waals surface area contributed by atoms with Gasteiger partial charge < -0.3 is 10.6 Å². The molecule has 1 aliphatic carbocycles. The molecule has 2 aromatic rings. The summed E-state index contributed by atoms with van der Waals surface area (Å²) in [5.41, 5.74) is 0.315. The maximum Gasteiger partial charge on any atom is 0.255 e. The number of hydrogen-bond acceptors (Lipinski definition) is 4. The lowest BCUT2D eigenvalue weighted by Crippen LogP contribution is -2.42. The predicted octanol–water partition coefficient (Wildman–Crippen LogP) is 2.13. The largest absolute Gasteiger partial charge is 0.322 e. The number of aromatic nitrogens is 1. The minimum atomic E-state index is -0.560. The number of carbonyl (C=O) groups excluding carboxylic acids is 1. The molecule has 1 saturated heterocycles. The van der Waals surface area contributed by atoms with Crippen molar-refractivity contribution in [2.24, 2.45) is 0 Å². The quantitative estimate of drug-likeness (QED) is 0.768. The molecule has 148 valence electrons. The topological polar surface area (TPSA) is 66.4 Å². The number of rotatable bonds is 7. The molecule has 1 saturated carbocycles. The highest BCUT2D eigenvalue weighted by Crippen LogP contribution is 2.22. The molecule has 28 heavy (non-hydrogen) atoms. The van der Waals surface area contributed by atoms with Gasteiger partial charge in [-0.05, 0) is 50.4 Å². The monoisotopic (exact) mass is 384 g/mol. The van der Waals surface area contributed by atoms with E-state index in [2.05, 4.69) is 15.5 Å². The van der Waals surface area contributed by atoms with Crippen molar-refractivity contribution in [3.63, 3.8) is 0 Å². The molecule has 1 atom stereocenters. The van der Waals surface area contributed by atoms with Gasteiger partial charge in [0, 0.05) is 37.0 Å². The van der Waals surface area contributed by atoms with Crippen molar-refractivity contribution in [2.45, 2.75) is 37.8 Å². The van der Waals surface area contributed by atoms with E-state index in [1.165, 1.54) is 35.6 Å². The maximum absolute atomic E-state index is 14.5. The highest BCUT2D eigenvalue weighted by molar-refractivity contribution is 5.92. The molecule has 4 rings (SSSR count). The van der Waals surface area contributed by atoms with Crippen LogP contribution >= 0.6 is 0 Å². The van der Waals surface area contributed by atoms with Gasteiger partial charge in [-0.15, -0.1) is 0 Å². The van der Waals surface area contributed by atoms with Gasteiger partial charge in [0.1, 0.15) is 5.82 Å². The van der Waals surface area contributed by atoms with E-state index in [9.17, 15) is 14.0 Å². The third kappa shape index (κ3) is 4.48. The van der Waals surface area contributed by atoms with Crippen molar-refractivity contribution >= 4 is 11.6 Å². The fraction of sp³-hybridized carbons (Fsp3) is 0.429. The summed E-state index contributed by atoms with van der Waals surface area (Å²) in [6.07, 6.45) is 6.24. The zero-order chi connectivity index (χ0) is 19.5. The summed E-state index contributed by atoms with van der Waals surface area (Å²) in [6.45, 7) is 2.06. The van der Waals surface area contributed by atoms with Crippen molar-refractivity contribution in [1.29, 1.82) is 0 Å². The Labute approximate surface area is 163 Å². The Morgan fingerprint density at radius 3 is 2.79 bits per heavy atom. The second-order valence-corrected chi connectivity index (χ2v) is 7.57. The van der Waals surface area contributed by atoms with Crippen molar-refractivity contribution in [2.75, 3.05) is 25.0 Å². The van der Waals surface area contributed by atoms with Crippen molar-refractivity contribution in [3.05, 3.63) is 58.8 Å². The Hall–Kier alpha value is -2.51. The van der Waals surface area contributed by atoms with Crippen LogP contribution < -0.4 is 16.2 Å². The Balaban J connectivity index is 1.37. The normalized spacial score (nSPS) is 19.7. The van der Waals surface area contributed by atoms with E-state index in [4.69, 9.17) is 0 Å². The number of benzene rings is 1. The molecule has 2 heterocycles. The minimum Gasteiger partial charge on any atom is -0.322 e. The highest BCUT2D eigenvalue weighted by atomic mass is 19.1. The Kier molecular flexibility index (Phi) is 5.54. The van der Waals surface area contributed by atoms with Gasteiger partial charge in [-0.1, -0.05) is 6.07 Å². The molecule has 1 unspecified atom stereocenters. The summed E-state index contributed by atoms with van der Waals surface area (Å²) in [5, 5.41) is 6.19. The van der Waals surface area contributed by atoms with Crippen LogP contribution in [0.4, 0.5) is 10.1 Å². The highest BCUT2D eigenvalue weighted by Gasteiger charge is 2.28. The van der Waals surface area contributed by atoms with E-state index >= 15 is 0 Å². The number of carbonyl (C=O) groups is 1. The molecule has 0 radical (unpaired) electrons. The predicted molar refractivity (Wildman–Crippen MR) is 106 cm³/mol. The fourth-order valence-electron chi connectivity index (χ4n) is 3.69. The van der Waals surface area contributed by atoms with Crippen LogP contribution in [0.3, 0.4) is 0 Å². The van der Waals surface area contributed by atoms with E-state index < -0.39 is 5.82 Å². The first-order chi connectivity index (χ1) is 13.6. The van der Waals surface area contributed by atoms with Crippen LogP contribution in [0.1, 0.15) is 25.7 Å². The molecule has 7 heteroatoms. The van der Waals surface area contributed by atoms with Crippen LogP contribution in [-0.2, 0) is 4.79 Å². The summed E-state index contributed by atoms with van der Waals surface area (Å²) < 4.78 is 15.8. The van der Waals surface area contributed by atoms with Gasteiger partial charge in [-0.25, -0.2) is 4.39 Å². The van der Waals surface area contributed by atoms with Crippen molar-refractivity contribution in [3.8, 4) is 5.69 Å². The SMILES string of the molecule is O=C(CN1CCCC1CNC1CC1)Nc1ccc(-n2ccccc2=O)cc1F. The molecular weight excluding hydrogens is 359 g/mol. The van der Waals surface area contributed by atoms with Crippen molar-refractivity contribution in [1.82, 2.24) is 14.8 Å². The number of likely N-dealkylation sites (tertiary alicyclic amines) is 1. The Morgan fingerprint density at radius 1 is 1.18 bits per heavy atom. The standard InChI is InChI=1S/C21H25FN4O2/c22-18-12-16(26-11-2-1-5-21(26)28)8-9-19(18)24-20(27)14-25-10-3-4-17(25)13-23-15-6-7-15/h1-2,5,8-9,11-12,15,17,23H,3-4,6-7,10,13-14H2,(H,24,27). The zero-order valence-electron chi connectivity index (χ0n) is 15.7. The fourth-order valence-corrected chi connectivity index (χ4v) is 3.69. The van der Waals surface area contributed by atoms with Gasteiger partial charge in [-0.2, -0.15) is 0 Å². The molecule has 1 aromatic heterocycles. The minimum absolute atomic E-state index is 0.129. The molecule has 0 spiro atoms. The second-order valence-electron chi connectivity index (χ2n) is 7.57. The number of amides is 1. The molecule has 2 N–H and O–H groups in total. The summed E-state index contributed by atoms with van der Waals surface area (Å²) in [7, 11) is 0. The summed E-state index contributed by atoms with van der Waals surface area (Å²) in [5.74, 6) is -0.781. The molecule has 1 amide bonds. The molecule has 2 fully saturated rings. The number of nitrogens with zero attached hydrogens (tertiary/aromatic N) is 2. The maximum atomic E-state index is 14.5. The Morgan fingerprint density at radius 2 is 2.04 bits per heavy atom. The number of pyridine rings is 1. The van der Waals surface area contributed by atoms with Gasteiger partial charge in [0.05, 0.1) is 17.9 Å². The number of halogens is 1. The van der Waals surface area contributed by atoms with E-state index in [0.29, 0.717) is 17.8 Å². The first-order valence-corrected chi connectivity index (χ1v) is 9.85. The van der Waals surface area contributed by atoms with E-state index in [0.717, 1.165) is 25.9 Å². The summed E-state index contributed by atoms with van der Waals surface area (Å²) in [6, 6.07) is 10.2. The summed E-state index contributed by atoms with van der Waals surface area (Å²) in [4.78, 5) is 26.5. The van der Waals surface area contributed by atoms with Crippen LogP contribution in [-0.4, -0.2) is 47.1 Å². The van der Waals surface area contributed by atoms with Gasteiger partial charge in [0.15, 0.2) is 0 Å². The first-order valence-electron chi connectivity index (χ1n) is 9.85. The lowest BCUT2D eigenvalue weighted by Gasteiger charge is -2.24. The molecular formula is C21H25FN4O2. The number of nitrogens with one attached hydrogen (secondary N) is 2. The lowest BCUT2D eigenvalue weighted by molar-refractivity contribution is -0.117. The molecule has 6 nitrogen and oxygen atoms in total. The lowest BCUT2D eigenvalue weighted by atomic mass is 10.2. The van der Waals surface area contributed by atoms with Gasteiger partial charge in [-0.3, -0.25) is 19.1 Å². The van der Waals surface area contributed by atoms with Crippen LogP contribution in [0, 0.1) is 5.82 Å². The smallest absolute Gasteiger partial charge is 0.255 e. The molecule has 2 aliphatic rings. The molecule has 1 aromatic carbocycles. The van der Waals surface area contributed by atoms with Gasteiger partial charge in [0.2, 0.25) is 5.91 Å². The van der Waals surface area contributed by atoms with Crippen LogP contribution in [0.2, 0.25) is 0 Å². The van der Waals surface area contributed by atoms with Crippen LogP contribution in [0.5, 0.6) is 0 Å². The third-order valence-electron chi connectivity index (χ3n) is 5.39. The summed E-state index contributed by atoms with van der Waals surface area (Å²) >= 11 is 0. The zero-order valence-corrected chi connectivity index (χ0v) is 15.7. The second kappa shape index (κ2) is 8.24. The van der Waals surface area contributed by atoms with E-state index in [1.54, 1.807) is 24.4 Å². The third-order valence-corrected chi connectivity index (χ3v) is 5.39. The Bertz CT molecular complexity index is 909.